The molecule has 64 valence electrons. The van der Waals surface area contributed by atoms with Crippen LogP contribution in [0.3, 0.4) is 0 Å². The first-order valence-corrected chi connectivity index (χ1v) is 4.17. The first kappa shape index (κ1) is 8.98. The summed E-state index contributed by atoms with van der Waals surface area (Å²) < 4.78 is 0. The fourth-order valence-corrected chi connectivity index (χ4v) is 1.35. The maximum Gasteiger partial charge on any atom is 0.127 e. The van der Waals surface area contributed by atoms with Crippen molar-refractivity contribution >= 4 is 6.29 Å². The van der Waals surface area contributed by atoms with Crippen LogP contribution in [-0.2, 0) is 4.79 Å². The third-order valence-corrected chi connectivity index (χ3v) is 1.97. The number of benzene rings is 1. The molecule has 1 atom stereocenters. The second-order valence-electron chi connectivity index (χ2n) is 3.35. The molecule has 0 amide bonds. The molecular weight excluding hydrogens is 148 g/mol. The summed E-state index contributed by atoms with van der Waals surface area (Å²) in [7, 11) is 0. The van der Waals surface area contributed by atoms with Crippen LogP contribution < -0.4 is 0 Å². The average Bonchev–Trinajstić information content (AvgIpc) is 2.01. The van der Waals surface area contributed by atoms with E-state index in [1.807, 2.05) is 20.8 Å². The third-order valence-electron chi connectivity index (χ3n) is 1.97. The highest BCUT2D eigenvalue weighted by atomic mass is 16.1. The number of carbonyl (C=O) groups is 1. The lowest BCUT2D eigenvalue weighted by atomic mass is 9.98. The van der Waals surface area contributed by atoms with Gasteiger partial charge in [0.25, 0.3) is 0 Å². The lowest BCUT2D eigenvalue weighted by Gasteiger charge is -2.06. The van der Waals surface area contributed by atoms with Crippen molar-refractivity contribution in [2.45, 2.75) is 26.7 Å². The Kier molecular flexibility index (Phi) is 2.64. The van der Waals surface area contributed by atoms with Gasteiger partial charge in [-0.1, -0.05) is 36.2 Å². The maximum absolute atomic E-state index is 10.5. The van der Waals surface area contributed by atoms with E-state index in [1.54, 1.807) is 0 Å². The van der Waals surface area contributed by atoms with Crippen LogP contribution >= 0.6 is 0 Å². The standard InChI is InChI=1S/C11H14O/c1-8-4-9(2)6-11(5-8)10(3)7-12/h4-7,10H,1-3H3. The van der Waals surface area contributed by atoms with Gasteiger partial charge in [-0.25, -0.2) is 0 Å². The molecule has 1 heteroatoms. The number of carbonyl (C=O) groups excluding carboxylic acids is 1. The van der Waals surface area contributed by atoms with E-state index in [9.17, 15) is 4.79 Å². The van der Waals surface area contributed by atoms with Crippen molar-refractivity contribution in [2.75, 3.05) is 0 Å². The highest BCUT2D eigenvalue weighted by molar-refractivity contribution is 5.61. The number of aryl methyl sites for hydroxylation is 2. The van der Waals surface area contributed by atoms with Gasteiger partial charge in [-0.05, 0) is 19.4 Å². The third kappa shape index (κ3) is 1.94. The first-order valence-electron chi connectivity index (χ1n) is 4.17. The Morgan fingerprint density at radius 1 is 1.17 bits per heavy atom. The van der Waals surface area contributed by atoms with E-state index in [-0.39, 0.29) is 5.92 Å². The minimum Gasteiger partial charge on any atom is -0.303 e. The zero-order valence-electron chi connectivity index (χ0n) is 7.79. The Balaban J connectivity index is 3.08. The molecule has 0 fully saturated rings. The Morgan fingerprint density at radius 3 is 2.08 bits per heavy atom. The molecule has 0 aliphatic carbocycles. The fraction of sp³-hybridized carbons (Fsp3) is 0.364. The molecule has 1 nitrogen and oxygen atoms in total. The van der Waals surface area contributed by atoms with Crippen LogP contribution in [0.25, 0.3) is 0 Å². The maximum atomic E-state index is 10.5. The van der Waals surface area contributed by atoms with Gasteiger partial charge in [-0.15, -0.1) is 0 Å². The summed E-state index contributed by atoms with van der Waals surface area (Å²) in [5.74, 6) is 0.0172. The van der Waals surface area contributed by atoms with Crippen molar-refractivity contribution in [2.24, 2.45) is 0 Å². The summed E-state index contributed by atoms with van der Waals surface area (Å²) in [4.78, 5) is 10.5. The SMILES string of the molecule is Cc1cc(C)cc(C(C)C=O)c1. The lowest BCUT2D eigenvalue weighted by Crippen LogP contribution is -1.95. The Bertz CT molecular complexity index is 269. The van der Waals surface area contributed by atoms with E-state index in [0.717, 1.165) is 11.8 Å². The largest absolute Gasteiger partial charge is 0.303 e. The van der Waals surface area contributed by atoms with Gasteiger partial charge in [0.1, 0.15) is 6.29 Å². The molecule has 1 aromatic rings. The van der Waals surface area contributed by atoms with Gasteiger partial charge in [0.2, 0.25) is 0 Å². The monoisotopic (exact) mass is 162 g/mol. The van der Waals surface area contributed by atoms with Gasteiger partial charge in [-0.3, -0.25) is 0 Å². The highest BCUT2D eigenvalue weighted by Crippen LogP contribution is 2.16. The Morgan fingerprint density at radius 2 is 1.67 bits per heavy atom. The minimum atomic E-state index is 0.0172. The van der Waals surface area contributed by atoms with E-state index in [4.69, 9.17) is 0 Å². The fourth-order valence-electron chi connectivity index (χ4n) is 1.35. The molecular formula is C11H14O. The summed E-state index contributed by atoms with van der Waals surface area (Å²) in [5, 5.41) is 0. The van der Waals surface area contributed by atoms with Crippen molar-refractivity contribution < 1.29 is 4.79 Å². The Labute approximate surface area is 73.4 Å². The van der Waals surface area contributed by atoms with Crippen LogP contribution in [0.15, 0.2) is 18.2 Å². The zero-order valence-corrected chi connectivity index (χ0v) is 7.79. The highest BCUT2D eigenvalue weighted by Gasteiger charge is 2.03. The van der Waals surface area contributed by atoms with Crippen LogP contribution in [0.5, 0.6) is 0 Å². The van der Waals surface area contributed by atoms with Crippen LogP contribution in [0.4, 0.5) is 0 Å². The first-order chi connectivity index (χ1) is 5.63. The Hall–Kier alpha value is -1.11. The average molecular weight is 162 g/mol. The predicted molar refractivity (Wildman–Crippen MR) is 50.4 cm³/mol. The molecule has 0 saturated carbocycles. The molecule has 1 rings (SSSR count). The van der Waals surface area contributed by atoms with Gasteiger partial charge < -0.3 is 4.79 Å². The van der Waals surface area contributed by atoms with Gasteiger partial charge >= 0.3 is 0 Å². The van der Waals surface area contributed by atoms with Crippen molar-refractivity contribution in [3.8, 4) is 0 Å². The second-order valence-corrected chi connectivity index (χ2v) is 3.35. The topological polar surface area (TPSA) is 17.1 Å². The zero-order chi connectivity index (χ0) is 9.14. The molecule has 0 aliphatic heterocycles. The van der Waals surface area contributed by atoms with E-state index in [2.05, 4.69) is 18.2 Å². The predicted octanol–water partition coefficient (Wildman–Crippen LogP) is 2.61. The van der Waals surface area contributed by atoms with Crippen molar-refractivity contribution in [1.82, 2.24) is 0 Å². The van der Waals surface area contributed by atoms with Crippen molar-refractivity contribution in [3.63, 3.8) is 0 Å². The van der Waals surface area contributed by atoms with E-state index < -0.39 is 0 Å². The molecule has 0 radical (unpaired) electrons. The van der Waals surface area contributed by atoms with E-state index in [1.165, 1.54) is 11.1 Å². The summed E-state index contributed by atoms with van der Waals surface area (Å²) in [6.45, 7) is 6.02. The normalized spacial score (nSPS) is 12.6. The molecule has 0 bridgehead atoms. The molecule has 1 aromatic carbocycles. The molecule has 1 unspecified atom stereocenters. The summed E-state index contributed by atoms with van der Waals surface area (Å²) in [6, 6.07) is 6.24. The number of aldehydes is 1. The summed E-state index contributed by atoms with van der Waals surface area (Å²) >= 11 is 0. The van der Waals surface area contributed by atoms with Gasteiger partial charge in [0, 0.05) is 5.92 Å². The number of hydrogen-bond acceptors (Lipinski definition) is 1. The van der Waals surface area contributed by atoms with Crippen molar-refractivity contribution in [1.29, 1.82) is 0 Å². The second kappa shape index (κ2) is 3.53. The summed E-state index contributed by atoms with van der Waals surface area (Å²) in [5.41, 5.74) is 3.56. The molecule has 0 aromatic heterocycles. The smallest absolute Gasteiger partial charge is 0.127 e. The molecule has 0 heterocycles. The van der Waals surface area contributed by atoms with Gasteiger partial charge in [0.05, 0.1) is 0 Å². The van der Waals surface area contributed by atoms with Crippen molar-refractivity contribution in [3.05, 3.63) is 34.9 Å². The van der Waals surface area contributed by atoms with Crippen LogP contribution in [0.1, 0.15) is 29.5 Å². The number of hydrogen-bond donors (Lipinski definition) is 0. The molecule has 0 spiro atoms. The molecule has 0 saturated heterocycles. The summed E-state index contributed by atoms with van der Waals surface area (Å²) in [6.07, 6.45) is 0.980. The van der Waals surface area contributed by atoms with Gasteiger partial charge in [0.15, 0.2) is 0 Å². The minimum absolute atomic E-state index is 0.0172. The van der Waals surface area contributed by atoms with E-state index in [0.29, 0.717) is 0 Å². The molecule has 12 heavy (non-hydrogen) atoms. The van der Waals surface area contributed by atoms with Gasteiger partial charge in [-0.2, -0.15) is 0 Å². The molecule has 0 N–H and O–H groups in total. The number of rotatable bonds is 2. The quantitative estimate of drug-likeness (QED) is 0.611. The van der Waals surface area contributed by atoms with E-state index >= 15 is 0 Å². The lowest BCUT2D eigenvalue weighted by molar-refractivity contribution is -0.108. The van der Waals surface area contributed by atoms with Crippen LogP contribution in [0, 0.1) is 13.8 Å². The molecule has 0 aliphatic rings. The van der Waals surface area contributed by atoms with Crippen LogP contribution in [-0.4, -0.2) is 6.29 Å². The van der Waals surface area contributed by atoms with Crippen LogP contribution in [0.2, 0.25) is 0 Å².